The van der Waals surface area contributed by atoms with Crippen molar-refractivity contribution in [2.45, 2.75) is 144 Å². The normalized spacial score (nSPS) is 25.4. The van der Waals surface area contributed by atoms with Crippen molar-refractivity contribution in [3.8, 4) is 0 Å². The number of rotatable bonds is 18. The van der Waals surface area contributed by atoms with Gasteiger partial charge in [0.1, 0.15) is 0 Å². The minimum atomic E-state index is -11.1. The fourth-order valence-electron chi connectivity index (χ4n) is 5.02. The molecule has 0 N–H and O–H groups in total. The number of carbonyl (C=O) groups is 3. The van der Waals surface area contributed by atoms with Gasteiger partial charge < -0.3 is 14.2 Å². The van der Waals surface area contributed by atoms with Gasteiger partial charge in [-0.15, -0.1) is 0 Å². The number of esters is 3. The van der Waals surface area contributed by atoms with Crippen molar-refractivity contribution in [2.24, 2.45) is 0 Å². The third kappa shape index (κ3) is 10.3. The van der Waals surface area contributed by atoms with Crippen LogP contribution in [-0.4, -0.2) is 162 Å². The van der Waals surface area contributed by atoms with Crippen LogP contribution < -0.4 is 0 Å². The Morgan fingerprint density at radius 3 is 0.464 bits per heavy atom. The molecule has 0 bridgehead atoms. The summed E-state index contributed by atoms with van der Waals surface area (Å²) in [6.07, 6.45) is -110. The maximum atomic E-state index is 16.2. The standard InChI is InChI=1S/C27F48O9/c28-4(16(46,47)48,82-25(70,71)13(40,41)19(55,56)57)1(76)79-22(64,65)7(31)10(34,35)8(32,23(66,67)80-2(77)5(29,17(49,50)51)83-26(72,73)14(42,43)20(58,59)60)12(38,39)9(33,11(7,36)37)24(68,69)81-3(78)6(30,18(52,53)54)84-27(74,75)15(44,45)21(61,62)63. The molecule has 57 heteroatoms. The van der Waals surface area contributed by atoms with Crippen molar-refractivity contribution >= 4 is 17.9 Å². The summed E-state index contributed by atoms with van der Waals surface area (Å²) in [4.78, 5) is 35.2. The second kappa shape index (κ2) is 19.5. The van der Waals surface area contributed by atoms with Crippen LogP contribution in [0.1, 0.15) is 0 Å². The Bertz CT molecular complexity index is 2190. The number of hydrogen-bond acceptors (Lipinski definition) is 9. The van der Waals surface area contributed by atoms with Crippen LogP contribution in [0, 0.1) is 0 Å². The van der Waals surface area contributed by atoms with Crippen molar-refractivity contribution in [3.63, 3.8) is 0 Å². The zero-order valence-electron chi connectivity index (χ0n) is 35.3. The number of ether oxygens (including phenoxy) is 6. The molecular formula is C27F48O9. The van der Waals surface area contributed by atoms with Crippen LogP contribution in [0.15, 0.2) is 0 Å². The van der Waals surface area contributed by atoms with Gasteiger partial charge in [-0.3, -0.25) is 14.2 Å². The van der Waals surface area contributed by atoms with Crippen molar-refractivity contribution < 1.29 is 254 Å². The van der Waals surface area contributed by atoms with Crippen LogP contribution in [-0.2, 0) is 42.8 Å². The molecule has 84 heavy (non-hydrogen) atoms. The first-order chi connectivity index (χ1) is 35.5. The molecule has 0 aromatic carbocycles. The summed E-state index contributed by atoms with van der Waals surface area (Å²) < 4.78 is 676. The van der Waals surface area contributed by atoms with Gasteiger partial charge in [0.2, 0.25) is 0 Å². The molecular weight excluding hydrogens is 1380 g/mol. The van der Waals surface area contributed by atoms with Gasteiger partial charge in [-0.05, 0) is 0 Å². The second-order valence-corrected chi connectivity index (χ2v) is 14.8. The van der Waals surface area contributed by atoms with Crippen LogP contribution >= 0.6 is 0 Å². The molecule has 1 saturated carbocycles. The summed E-state index contributed by atoms with van der Waals surface area (Å²) in [7, 11) is 0. The van der Waals surface area contributed by atoms with Crippen molar-refractivity contribution in [1.82, 2.24) is 0 Å². The van der Waals surface area contributed by atoms with E-state index >= 15 is 65.9 Å². The average Bonchev–Trinajstić information content (AvgIpc) is 3.20. The summed E-state index contributed by atoms with van der Waals surface area (Å²) in [5.41, 5.74) is -33.4. The van der Waals surface area contributed by atoms with Gasteiger partial charge in [0, 0.05) is 0 Å². The maximum Gasteiger partial charge on any atom is 0.462 e. The SMILES string of the molecule is O=C(OC(F)(F)C1(F)C(F)(F)C(F)(C(F)(F)OC(=O)C(F)(OC(F)(F)C(F)(F)C(F)(F)F)C(F)(F)F)C(F)(F)C(F)(C(F)(F)OC(=O)C(F)(OC(F)(F)C(F)(F)C(F)(F)F)C(F)(F)F)C1(F)F)C(F)(OC(F)(F)C(F)(F)C(F)(F)F)C(F)(F)F. The highest BCUT2D eigenvalue weighted by Gasteiger charge is 3.12. The van der Waals surface area contributed by atoms with Gasteiger partial charge in [0.05, 0.1) is 0 Å². The molecule has 0 radical (unpaired) electrons. The second-order valence-electron chi connectivity index (χ2n) is 14.8. The lowest BCUT2D eigenvalue weighted by atomic mass is 9.60. The molecule has 3 atom stereocenters. The zero-order valence-corrected chi connectivity index (χ0v) is 35.3. The van der Waals surface area contributed by atoms with Crippen LogP contribution in [0.3, 0.4) is 0 Å². The Labute approximate surface area is 416 Å². The quantitative estimate of drug-likeness (QED) is 0.0753. The average molecular weight is 1380 g/mol. The zero-order chi connectivity index (χ0) is 69.0. The Morgan fingerprint density at radius 1 is 0.226 bits per heavy atom. The lowest BCUT2D eigenvalue weighted by Crippen LogP contribution is -2.94. The Kier molecular flexibility index (Phi) is 17.8. The Hall–Kier alpha value is -5.07. The number of carbonyl (C=O) groups excluding carboxylic acids is 3. The lowest BCUT2D eigenvalue weighted by molar-refractivity contribution is -0.547. The van der Waals surface area contributed by atoms with Gasteiger partial charge in [-0.25, -0.2) is 27.6 Å². The largest absolute Gasteiger partial charge is 0.462 e. The van der Waals surface area contributed by atoms with Gasteiger partial charge in [0.15, 0.2) is 0 Å². The Morgan fingerprint density at radius 2 is 0.357 bits per heavy atom. The fourth-order valence-corrected chi connectivity index (χ4v) is 5.02. The minimum Gasteiger partial charge on any atom is -0.393 e. The summed E-state index contributed by atoms with van der Waals surface area (Å²) in [5, 5.41) is 0. The van der Waals surface area contributed by atoms with E-state index in [0.29, 0.717) is 0 Å². The Balaban J connectivity index is 5.02. The predicted octanol–water partition coefficient (Wildman–Crippen LogP) is 13.5. The van der Waals surface area contributed by atoms with E-state index in [9.17, 15) is 159 Å². The predicted molar refractivity (Wildman–Crippen MR) is 140 cm³/mol. The summed E-state index contributed by atoms with van der Waals surface area (Å²) in [6.45, 7) is 0. The first-order valence-electron chi connectivity index (χ1n) is 17.4. The highest BCUT2D eigenvalue weighted by molar-refractivity contribution is 5.80. The van der Waals surface area contributed by atoms with Gasteiger partial charge in [-0.1, -0.05) is 0 Å². The maximum absolute atomic E-state index is 16.2. The van der Waals surface area contributed by atoms with Gasteiger partial charge in [0.25, 0.3) is 0 Å². The highest BCUT2D eigenvalue weighted by atomic mass is 19.5. The van der Waals surface area contributed by atoms with Crippen LogP contribution in [0.5, 0.6) is 0 Å². The van der Waals surface area contributed by atoms with Gasteiger partial charge >= 0.3 is 162 Å². The van der Waals surface area contributed by atoms with E-state index in [1.54, 1.807) is 0 Å². The van der Waals surface area contributed by atoms with Crippen molar-refractivity contribution in [2.75, 3.05) is 0 Å². The monoisotopic (exact) mass is 1380 g/mol. The first kappa shape index (κ1) is 76.9. The van der Waals surface area contributed by atoms with E-state index in [1.165, 1.54) is 0 Å². The molecule has 0 aromatic rings. The molecule has 1 aliphatic carbocycles. The summed E-state index contributed by atoms with van der Waals surface area (Å²) in [5.74, 6) is -107. The van der Waals surface area contributed by atoms with Crippen molar-refractivity contribution in [1.29, 1.82) is 0 Å². The van der Waals surface area contributed by atoms with Crippen LogP contribution in [0.2, 0.25) is 0 Å². The third-order valence-corrected chi connectivity index (χ3v) is 9.31. The third-order valence-electron chi connectivity index (χ3n) is 9.31. The molecule has 9 nitrogen and oxygen atoms in total. The minimum absolute atomic E-state index is 0.836. The van der Waals surface area contributed by atoms with Crippen LogP contribution in [0.25, 0.3) is 0 Å². The van der Waals surface area contributed by atoms with E-state index in [2.05, 4.69) is 0 Å². The molecule has 3 unspecified atom stereocenters. The molecule has 0 aromatic heterocycles. The number of alkyl halides is 48. The molecule has 0 amide bonds. The van der Waals surface area contributed by atoms with E-state index in [0.717, 1.165) is 28.4 Å². The topological polar surface area (TPSA) is 107 Å². The molecule has 0 heterocycles. The molecule has 1 aliphatic rings. The smallest absolute Gasteiger partial charge is 0.393 e. The molecule has 0 saturated heterocycles. The summed E-state index contributed by atoms with van der Waals surface area (Å²) in [6, 6.07) is 0. The molecule has 0 aliphatic heterocycles. The van der Waals surface area contributed by atoms with Crippen molar-refractivity contribution in [3.05, 3.63) is 0 Å². The van der Waals surface area contributed by atoms with E-state index in [1.807, 2.05) is 0 Å². The lowest BCUT2D eigenvalue weighted by Gasteiger charge is -2.59. The highest BCUT2D eigenvalue weighted by Crippen LogP contribution is 2.77. The van der Waals surface area contributed by atoms with E-state index < -0.39 is 162 Å². The molecule has 1 fully saturated rings. The van der Waals surface area contributed by atoms with Gasteiger partial charge in [-0.2, -0.15) is 198 Å². The molecule has 0 spiro atoms. The molecule has 1 rings (SSSR count). The fraction of sp³-hybridized carbons (Fsp3) is 0.889. The van der Waals surface area contributed by atoms with E-state index in [-0.39, 0.29) is 0 Å². The van der Waals surface area contributed by atoms with Crippen LogP contribution in [0.4, 0.5) is 211 Å². The van der Waals surface area contributed by atoms with E-state index in [4.69, 9.17) is 0 Å². The number of halogens is 48. The summed E-state index contributed by atoms with van der Waals surface area (Å²) >= 11 is 0. The molecule has 498 valence electrons. The number of hydrogen-bond donors (Lipinski definition) is 0. The first-order valence-corrected chi connectivity index (χ1v) is 17.4.